The van der Waals surface area contributed by atoms with E-state index in [2.05, 4.69) is 11.9 Å². The summed E-state index contributed by atoms with van der Waals surface area (Å²) in [5, 5.41) is 2.75. The summed E-state index contributed by atoms with van der Waals surface area (Å²) in [4.78, 5) is 27.8. The highest BCUT2D eigenvalue weighted by Gasteiger charge is 2.60. The van der Waals surface area contributed by atoms with Gasteiger partial charge in [0, 0.05) is 56.1 Å². The zero-order chi connectivity index (χ0) is 24.5. The van der Waals surface area contributed by atoms with Crippen LogP contribution in [0.5, 0.6) is 0 Å². The van der Waals surface area contributed by atoms with Gasteiger partial charge in [0.25, 0.3) is 0 Å². The lowest BCUT2D eigenvalue weighted by Crippen LogP contribution is -2.61. The molecule has 2 heterocycles. The normalized spacial score (nSPS) is 21.2. The Hall–Kier alpha value is -2.24. The molecular weight excluding hydrogens is 442 g/mol. The fourth-order valence-corrected chi connectivity index (χ4v) is 3.87. The summed E-state index contributed by atoms with van der Waals surface area (Å²) >= 11 is 0. The first-order valence-electron chi connectivity index (χ1n) is 10.1. The van der Waals surface area contributed by atoms with E-state index >= 15 is 0 Å². The Morgan fingerprint density at radius 3 is 2.00 bits per heavy atom. The topological polar surface area (TPSA) is 55.9 Å². The number of rotatable bonds is 4. The van der Waals surface area contributed by atoms with Gasteiger partial charge in [0.15, 0.2) is 0 Å². The van der Waals surface area contributed by atoms with Gasteiger partial charge in [-0.15, -0.1) is 0 Å². The minimum Gasteiger partial charge on any atom is -0.348 e. The minimum absolute atomic E-state index is 0.0569. The Labute approximate surface area is 182 Å². The molecule has 0 spiro atoms. The quantitative estimate of drug-likeness (QED) is 0.507. The fourth-order valence-electron chi connectivity index (χ4n) is 3.87. The van der Waals surface area contributed by atoms with E-state index in [-0.39, 0.29) is 18.7 Å². The summed E-state index contributed by atoms with van der Waals surface area (Å²) in [6, 6.07) is -3.52. The van der Waals surface area contributed by atoms with Crippen molar-refractivity contribution in [2.75, 3.05) is 32.7 Å². The maximum absolute atomic E-state index is 13.0. The predicted octanol–water partition coefficient (Wildman–Crippen LogP) is 3.03. The summed E-state index contributed by atoms with van der Waals surface area (Å²) in [5.74, 6) is -0.548. The molecule has 0 radical (unpaired) electrons. The molecular formula is C20H28F6N4O2. The summed E-state index contributed by atoms with van der Waals surface area (Å²) < 4.78 is 77.8. The smallest absolute Gasteiger partial charge is 0.348 e. The van der Waals surface area contributed by atoms with Gasteiger partial charge in [0.1, 0.15) is 0 Å². The van der Waals surface area contributed by atoms with Gasteiger partial charge in [-0.3, -0.25) is 14.5 Å². The molecule has 2 rings (SSSR count). The van der Waals surface area contributed by atoms with Crippen molar-refractivity contribution in [1.82, 2.24) is 20.0 Å². The molecule has 0 unspecified atom stereocenters. The van der Waals surface area contributed by atoms with Crippen molar-refractivity contribution in [2.24, 2.45) is 0 Å². The number of carbonyl (C=O) groups is 2. The second kappa shape index (κ2) is 9.32. The van der Waals surface area contributed by atoms with Crippen LogP contribution >= 0.6 is 0 Å². The first-order valence-corrected chi connectivity index (χ1v) is 10.1. The number of likely N-dealkylation sites (tertiary alicyclic amines) is 1. The molecule has 2 amide bonds. The highest BCUT2D eigenvalue weighted by molar-refractivity contribution is 5.93. The van der Waals surface area contributed by atoms with Gasteiger partial charge in [-0.1, -0.05) is 6.58 Å². The molecule has 1 N–H and O–H groups in total. The summed E-state index contributed by atoms with van der Waals surface area (Å²) in [6.45, 7) is 8.86. The molecule has 2 aliphatic rings. The number of halogens is 6. The number of alkyl halides is 6. The third kappa shape index (κ3) is 6.39. The molecule has 0 aliphatic carbocycles. The van der Waals surface area contributed by atoms with Gasteiger partial charge >= 0.3 is 12.4 Å². The molecule has 0 aromatic rings. The molecule has 2 fully saturated rings. The molecule has 0 bridgehead atoms. The maximum atomic E-state index is 13.0. The predicted molar refractivity (Wildman–Crippen MR) is 105 cm³/mol. The first kappa shape index (κ1) is 26.0. The van der Waals surface area contributed by atoms with E-state index in [0.717, 1.165) is 0 Å². The van der Waals surface area contributed by atoms with Gasteiger partial charge in [-0.05, 0) is 26.7 Å². The van der Waals surface area contributed by atoms with Crippen LogP contribution in [0.1, 0.15) is 33.6 Å². The number of nitrogens with one attached hydrogen (secondary N) is 1. The van der Waals surface area contributed by atoms with Crippen LogP contribution in [0, 0.1) is 0 Å². The highest BCUT2D eigenvalue weighted by atomic mass is 19.4. The molecule has 2 saturated heterocycles. The summed E-state index contributed by atoms with van der Waals surface area (Å²) in [6.07, 6.45) is -9.39. The van der Waals surface area contributed by atoms with Crippen molar-refractivity contribution in [3.05, 3.63) is 24.0 Å². The van der Waals surface area contributed by atoms with E-state index in [1.54, 1.807) is 29.8 Å². The monoisotopic (exact) mass is 470 g/mol. The largest absolute Gasteiger partial charge is 0.412 e. The van der Waals surface area contributed by atoms with Crippen LogP contribution < -0.4 is 5.32 Å². The van der Waals surface area contributed by atoms with Gasteiger partial charge in [0.05, 0.1) is 6.54 Å². The maximum Gasteiger partial charge on any atom is 0.412 e. The molecule has 0 atom stereocenters. The van der Waals surface area contributed by atoms with Crippen LogP contribution in [-0.4, -0.2) is 83.2 Å². The first-order chi connectivity index (χ1) is 14.5. The lowest BCUT2D eigenvalue weighted by Gasteiger charge is -2.43. The van der Waals surface area contributed by atoms with Crippen LogP contribution in [-0.2, 0) is 9.59 Å². The number of piperazine rings is 1. The van der Waals surface area contributed by atoms with E-state index in [9.17, 15) is 35.9 Å². The Balaban J connectivity index is 1.98. The van der Waals surface area contributed by atoms with Gasteiger partial charge in [0.2, 0.25) is 17.9 Å². The third-order valence-corrected chi connectivity index (χ3v) is 5.85. The highest BCUT2D eigenvalue weighted by Crippen LogP contribution is 2.39. The number of amides is 2. The number of carbonyl (C=O) groups excluding carboxylic acids is 2. The van der Waals surface area contributed by atoms with Crippen molar-refractivity contribution in [2.45, 2.75) is 57.5 Å². The Morgan fingerprint density at radius 2 is 1.56 bits per heavy atom. The number of hydrogen-bond donors (Lipinski definition) is 1. The van der Waals surface area contributed by atoms with Crippen molar-refractivity contribution >= 4 is 11.8 Å². The van der Waals surface area contributed by atoms with Crippen molar-refractivity contribution in [3.63, 3.8) is 0 Å². The molecule has 2 aliphatic heterocycles. The van der Waals surface area contributed by atoms with E-state index in [0.29, 0.717) is 35.8 Å². The van der Waals surface area contributed by atoms with Crippen molar-refractivity contribution < 1.29 is 35.9 Å². The molecule has 0 aromatic carbocycles. The number of nitrogens with zero attached hydrogens (tertiary/aromatic N) is 3. The second-order valence-corrected chi connectivity index (χ2v) is 8.55. The van der Waals surface area contributed by atoms with E-state index in [1.807, 2.05) is 0 Å². The SMILES string of the molecule is C=C1CN(C(C)=O)CCN1/C=C(\C)C(=O)NC1(C)CCN(C(C(F)(F)F)C(F)(F)F)CC1. The zero-order valence-electron chi connectivity index (χ0n) is 18.2. The van der Waals surface area contributed by atoms with Gasteiger partial charge < -0.3 is 15.1 Å². The van der Waals surface area contributed by atoms with Crippen molar-refractivity contribution in [1.29, 1.82) is 0 Å². The molecule has 182 valence electrons. The Kier molecular flexibility index (Phi) is 7.58. The number of piperidine rings is 1. The molecule has 6 nitrogen and oxygen atoms in total. The average molecular weight is 470 g/mol. The van der Waals surface area contributed by atoms with Crippen LogP contribution in [0.25, 0.3) is 0 Å². The van der Waals surface area contributed by atoms with Crippen LogP contribution in [0.4, 0.5) is 26.3 Å². The molecule has 0 saturated carbocycles. The Bertz CT molecular complexity index is 755. The molecule has 32 heavy (non-hydrogen) atoms. The second-order valence-electron chi connectivity index (χ2n) is 8.55. The van der Waals surface area contributed by atoms with Crippen molar-refractivity contribution in [3.8, 4) is 0 Å². The van der Waals surface area contributed by atoms with Crippen LogP contribution in [0.2, 0.25) is 0 Å². The Morgan fingerprint density at radius 1 is 1.03 bits per heavy atom. The van der Waals surface area contributed by atoms with E-state index < -0.39 is 42.9 Å². The average Bonchev–Trinajstić information content (AvgIpc) is 2.62. The third-order valence-electron chi connectivity index (χ3n) is 5.85. The van der Waals surface area contributed by atoms with Crippen LogP contribution in [0.15, 0.2) is 24.0 Å². The lowest BCUT2D eigenvalue weighted by molar-refractivity contribution is -0.289. The van der Waals surface area contributed by atoms with Crippen LogP contribution in [0.3, 0.4) is 0 Å². The standard InChI is InChI=1S/C20H28F6N4O2/c1-13(11-29-9-10-30(15(3)31)12-14(29)2)16(32)27-18(4)5-7-28(8-6-18)17(19(21,22)23)20(24,25)26/h11,17H,2,5-10,12H2,1,3-4H3,(H,27,32)/b13-11+. The zero-order valence-corrected chi connectivity index (χ0v) is 18.2. The molecule has 0 aromatic heterocycles. The minimum atomic E-state index is -5.43. The molecule has 12 heteroatoms. The lowest BCUT2D eigenvalue weighted by atomic mass is 9.88. The van der Waals surface area contributed by atoms with E-state index in [1.165, 1.54) is 6.92 Å². The number of hydrogen-bond acceptors (Lipinski definition) is 4. The van der Waals surface area contributed by atoms with Gasteiger partial charge in [-0.25, -0.2) is 0 Å². The fraction of sp³-hybridized carbons (Fsp3) is 0.700. The van der Waals surface area contributed by atoms with Gasteiger partial charge in [-0.2, -0.15) is 26.3 Å². The van der Waals surface area contributed by atoms with E-state index in [4.69, 9.17) is 0 Å². The summed E-state index contributed by atoms with van der Waals surface area (Å²) in [5.41, 5.74) is 0.00685. The summed E-state index contributed by atoms with van der Waals surface area (Å²) in [7, 11) is 0.